The standard InChI is InChI=1S/C17H16N2O2/c1-9-6-7-12-11(8-9)14-10-4-2-3-5-13(10)21-17(20)15(14)16(18)19-12/h2-5,9H,6-8H2,1H3,(H2,18,19). The summed E-state index contributed by atoms with van der Waals surface area (Å²) in [4.78, 5) is 16.8. The lowest BCUT2D eigenvalue weighted by molar-refractivity contribution is 0.496. The third-order valence-electron chi connectivity index (χ3n) is 4.40. The van der Waals surface area contributed by atoms with Crippen LogP contribution in [-0.4, -0.2) is 4.98 Å². The van der Waals surface area contributed by atoms with Gasteiger partial charge in [-0.15, -0.1) is 0 Å². The maximum atomic E-state index is 12.3. The molecule has 1 aliphatic carbocycles. The Labute approximate surface area is 121 Å². The first kappa shape index (κ1) is 12.4. The lowest BCUT2D eigenvalue weighted by Gasteiger charge is -2.23. The Morgan fingerprint density at radius 1 is 1.29 bits per heavy atom. The number of hydrogen-bond donors (Lipinski definition) is 1. The van der Waals surface area contributed by atoms with Gasteiger partial charge in [0.1, 0.15) is 16.8 Å². The summed E-state index contributed by atoms with van der Waals surface area (Å²) in [5.41, 5.74) is 8.46. The van der Waals surface area contributed by atoms with Gasteiger partial charge in [-0.05, 0) is 36.8 Å². The fraction of sp³-hybridized carbons (Fsp3) is 0.294. The van der Waals surface area contributed by atoms with Crippen molar-refractivity contribution in [2.24, 2.45) is 5.92 Å². The van der Waals surface area contributed by atoms with Crippen LogP contribution in [0.2, 0.25) is 0 Å². The summed E-state index contributed by atoms with van der Waals surface area (Å²) in [6, 6.07) is 7.64. The monoisotopic (exact) mass is 280 g/mol. The smallest absolute Gasteiger partial charge is 0.347 e. The van der Waals surface area contributed by atoms with Crippen molar-refractivity contribution in [2.75, 3.05) is 5.73 Å². The minimum atomic E-state index is -0.394. The minimum Gasteiger partial charge on any atom is -0.422 e. The summed E-state index contributed by atoms with van der Waals surface area (Å²) in [5.74, 6) is 0.884. The molecule has 21 heavy (non-hydrogen) atoms. The third-order valence-corrected chi connectivity index (χ3v) is 4.40. The molecule has 0 radical (unpaired) electrons. The third kappa shape index (κ3) is 1.75. The molecule has 3 aromatic rings. The number of nitrogens with zero attached hydrogens (tertiary/aromatic N) is 1. The Morgan fingerprint density at radius 3 is 2.95 bits per heavy atom. The maximum Gasteiger partial charge on any atom is 0.347 e. The van der Waals surface area contributed by atoms with Gasteiger partial charge in [-0.1, -0.05) is 25.1 Å². The number of para-hydroxylation sites is 1. The van der Waals surface area contributed by atoms with E-state index < -0.39 is 5.63 Å². The Kier molecular flexibility index (Phi) is 2.55. The number of hydrogen-bond acceptors (Lipinski definition) is 4. The van der Waals surface area contributed by atoms with E-state index in [1.165, 1.54) is 5.56 Å². The summed E-state index contributed by atoms with van der Waals surface area (Å²) < 4.78 is 5.40. The average Bonchev–Trinajstić information content (AvgIpc) is 2.47. The maximum absolute atomic E-state index is 12.3. The fourth-order valence-electron chi connectivity index (χ4n) is 3.37. The second-order valence-electron chi connectivity index (χ2n) is 5.91. The van der Waals surface area contributed by atoms with Crippen LogP contribution in [0.1, 0.15) is 24.6 Å². The van der Waals surface area contributed by atoms with Gasteiger partial charge in [0.25, 0.3) is 0 Å². The molecule has 1 atom stereocenters. The Bertz CT molecular complexity index is 927. The van der Waals surface area contributed by atoms with Gasteiger partial charge in [-0.2, -0.15) is 0 Å². The van der Waals surface area contributed by atoms with Crippen molar-refractivity contribution in [3.05, 3.63) is 45.9 Å². The molecule has 4 rings (SSSR count). The molecular weight excluding hydrogens is 264 g/mol. The highest BCUT2D eigenvalue weighted by Gasteiger charge is 2.23. The predicted octanol–water partition coefficient (Wildman–Crippen LogP) is 3.05. The zero-order valence-electron chi connectivity index (χ0n) is 11.8. The molecule has 0 bridgehead atoms. The topological polar surface area (TPSA) is 69.1 Å². The number of aromatic nitrogens is 1. The molecule has 2 aromatic heterocycles. The van der Waals surface area contributed by atoms with Gasteiger partial charge in [-0.3, -0.25) is 0 Å². The second kappa shape index (κ2) is 4.32. The molecule has 1 aliphatic rings. The van der Waals surface area contributed by atoms with Crippen molar-refractivity contribution < 1.29 is 4.42 Å². The fourth-order valence-corrected chi connectivity index (χ4v) is 3.37. The number of anilines is 1. The lowest BCUT2D eigenvalue weighted by atomic mass is 9.85. The van der Waals surface area contributed by atoms with Gasteiger partial charge in [0.15, 0.2) is 0 Å². The summed E-state index contributed by atoms with van der Waals surface area (Å²) >= 11 is 0. The number of benzene rings is 1. The largest absolute Gasteiger partial charge is 0.422 e. The van der Waals surface area contributed by atoms with Crippen LogP contribution in [0.3, 0.4) is 0 Å². The first-order valence-electron chi connectivity index (χ1n) is 7.28. The van der Waals surface area contributed by atoms with Crippen LogP contribution in [0.5, 0.6) is 0 Å². The zero-order chi connectivity index (χ0) is 14.6. The summed E-state index contributed by atoms with van der Waals surface area (Å²) in [5, 5.41) is 2.32. The van der Waals surface area contributed by atoms with E-state index >= 15 is 0 Å². The van der Waals surface area contributed by atoms with E-state index in [2.05, 4.69) is 11.9 Å². The lowest BCUT2D eigenvalue weighted by Crippen LogP contribution is -2.17. The predicted molar refractivity (Wildman–Crippen MR) is 83.4 cm³/mol. The molecule has 0 aliphatic heterocycles. The van der Waals surface area contributed by atoms with E-state index in [0.717, 1.165) is 35.7 Å². The molecule has 0 amide bonds. The van der Waals surface area contributed by atoms with Crippen LogP contribution in [0.25, 0.3) is 21.7 Å². The van der Waals surface area contributed by atoms with E-state index in [0.29, 0.717) is 16.9 Å². The van der Waals surface area contributed by atoms with Crippen molar-refractivity contribution in [3.63, 3.8) is 0 Å². The number of pyridine rings is 1. The molecule has 0 saturated heterocycles. The SMILES string of the molecule is CC1CCc2nc(N)c3c(=O)oc4ccccc4c3c2C1. The van der Waals surface area contributed by atoms with Crippen molar-refractivity contribution in [3.8, 4) is 0 Å². The average molecular weight is 280 g/mol. The van der Waals surface area contributed by atoms with Crippen molar-refractivity contribution in [1.82, 2.24) is 4.98 Å². The van der Waals surface area contributed by atoms with Crippen LogP contribution in [0, 0.1) is 5.92 Å². The summed E-state index contributed by atoms with van der Waals surface area (Å²) in [6.07, 6.45) is 2.97. The molecule has 0 fully saturated rings. The molecule has 106 valence electrons. The molecular formula is C17H16N2O2. The van der Waals surface area contributed by atoms with Gasteiger partial charge >= 0.3 is 5.63 Å². The Hall–Kier alpha value is -2.36. The summed E-state index contributed by atoms with van der Waals surface area (Å²) in [7, 11) is 0. The zero-order valence-corrected chi connectivity index (χ0v) is 11.8. The molecule has 4 heteroatoms. The number of rotatable bonds is 0. The van der Waals surface area contributed by atoms with E-state index in [1.54, 1.807) is 0 Å². The molecule has 0 saturated carbocycles. The van der Waals surface area contributed by atoms with E-state index in [1.807, 2.05) is 24.3 Å². The number of nitrogen functional groups attached to an aromatic ring is 1. The molecule has 0 spiro atoms. The first-order valence-corrected chi connectivity index (χ1v) is 7.28. The highest BCUT2D eigenvalue weighted by atomic mass is 16.4. The highest BCUT2D eigenvalue weighted by molar-refractivity contribution is 6.09. The Balaban J connectivity index is 2.27. The van der Waals surface area contributed by atoms with Crippen LogP contribution >= 0.6 is 0 Å². The second-order valence-corrected chi connectivity index (χ2v) is 5.91. The highest BCUT2D eigenvalue weighted by Crippen LogP contribution is 2.35. The van der Waals surface area contributed by atoms with Crippen LogP contribution in [-0.2, 0) is 12.8 Å². The molecule has 2 heterocycles. The number of aryl methyl sites for hydroxylation is 1. The van der Waals surface area contributed by atoms with Crippen molar-refractivity contribution in [2.45, 2.75) is 26.2 Å². The van der Waals surface area contributed by atoms with Gasteiger partial charge in [0, 0.05) is 16.5 Å². The molecule has 1 unspecified atom stereocenters. The van der Waals surface area contributed by atoms with Gasteiger partial charge in [0.2, 0.25) is 0 Å². The van der Waals surface area contributed by atoms with E-state index in [-0.39, 0.29) is 5.82 Å². The first-order chi connectivity index (χ1) is 10.1. The molecule has 2 N–H and O–H groups in total. The van der Waals surface area contributed by atoms with Gasteiger partial charge in [0.05, 0.1) is 0 Å². The van der Waals surface area contributed by atoms with E-state index in [9.17, 15) is 4.79 Å². The van der Waals surface area contributed by atoms with Crippen molar-refractivity contribution in [1.29, 1.82) is 0 Å². The van der Waals surface area contributed by atoms with Crippen LogP contribution in [0.15, 0.2) is 33.5 Å². The normalized spacial score (nSPS) is 18.0. The van der Waals surface area contributed by atoms with E-state index in [4.69, 9.17) is 10.2 Å². The van der Waals surface area contributed by atoms with Crippen LogP contribution in [0.4, 0.5) is 5.82 Å². The minimum absolute atomic E-state index is 0.290. The number of nitrogens with two attached hydrogens (primary N) is 1. The molecule has 4 nitrogen and oxygen atoms in total. The molecule has 1 aromatic carbocycles. The Morgan fingerprint density at radius 2 is 2.10 bits per heavy atom. The summed E-state index contributed by atoms with van der Waals surface area (Å²) in [6.45, 7) is 2.23. The quantitative estimate of drug-likeness (QED) is 0.507. The van der Waals surface area contributed by atoms with Gasteiger partial charge < -0.3 is 10.2 Å². The number of fused-ring (bicyclic) bond motifs is 5. The van der Waals surface area contributed by atoms with Gasteiger partial charge in [-0.25, -0.2) is 9.78 Å². The van der Waals surface area contributed by atoms with Crippen molar-refractivity contribution >= 4 is 27.6 Å². The van der Waals surface area contributed by atoms with Crippen LogP contribution < -0.4 is 11.4 Å².